The van der Waals surface area contributed by atoms with Crippen LogP contribution in [0.25, 0.3) is 6.08 Å². The van der Waals surface area contributed by atoms with Gasteiger partial charge < -0.3 is 10.1 Å². The van der Waals surface area contributed by atoms with Gasteiger partial charge in [0.25, 0.3) is 5.91 Å². The van der Waals surface area contributed by atoms with Gasteiger partial charge in [-0.15, -0.1) is 0 Å². The number of carbonyl (C=O) groups is 1. The molecule has 128 valence electrons. The Balaban J connectivity index is 1.59. The second-order valence-corrected chi connectivity index (χ2v) is 8.25. The zero-order chi connectivity index (χ0) is 17.4. The summed E-state index contributed by atoms with van der Waals surface area (Å²) in [7, 11) is -3.27. The monoisotopic (exact) mass is 355 g/mol. The van der Waals surface area contributed by atoms with Crippen molar-refractivity contribution in [3.63, 3.8) is 0 Å². The molecule has 2 aromatic rings. The number of hydrogen-bond acceptors (Lipinski definition) is 4. The minimum atomic E-state index is -3.27. The highest BCUT2D eigenvalue weighted by Gasteiger charge is 2.31. The molecule has 0 aliphatic carbocycles. The Morgan fingerprint density at radius 3 is 2.72 bits per heavy atom. The Morgan fingerprint density at radius 1 is 1.08 bits per heavy atom. The first kappa shape index (κ1) is 15.9. The molecule has 1 N–H and O–H groups in total. The zero-order valence-corrected chi connectivity index (χ0v) is 14.3. The highest BCUT2D eigenvalue weighted by atomic mass is 32.2. The van der Waals surface area contributed by atoms with E-state index in [1.165, 1.54) is 0 Å². The molecule has 2 aliphatic rings. The van der Waals surface area contributed by atoms with Crippen molar-refractivity contribution in [3.05, 3.63) is 65.2 Å². The van der Waals surface area contributed by atoms with Crippen molar-refractivity contribution in [2.75, 3.05) is 12.4 Å². The maximum absolute atomic E-state index is 12.6. The number of hydrogen-bond donors (Lipinski definition) is 1. The Bertz CT molecular complexity index is 978. The number of sulfone groups is 1. The van der Waals surface area contributed by atoms with Crippen molar-refractivity contribution < 1.29 is 17.9 Å². The summed E-state index contributed by atoms with van der Waals surface area (Å²) in [4.78, 5) is 12.9. The molecule has 2 aromatic carbocycles. The molecule has 25 heavy (non-hydrogen) atoms. The van der Waals surface area contributed by atoms with Crippen LogP contribution < -0.4 is 10.1 Å². The number of nitrogens with one attached hydrogen (secondary N) is 1. The van der Waals surface area contributed by atoms with Crippen LogP contribution in [0.3, 0.4) is 0 Å². The standard InChI is InChI=1S/C19H17NO4S/c21-19(14-11-13-5-1-3-7-17(13)24-12-14)20-16-9-10-25(22,23)18-8-4-2-6-15(16)18/h1-8,11,16H,9-10,12H2,(H,20,21)/t16-/m1/s1. The minimum Gasteiger partial charge on any atom is -0.488 e. The summed E-state index contributed by atoms with van der Waals surface area (Å²) in [5.74, 6) is 0.564. The summed E-state index contributed by atoms with van der Waals surface area (Å²) in [5.41, 5.74) is 2.05. The molecule has 2 heterocycles. The number of benzene rings is 2. The molecule has 2 aliphatic heterocycles. The molecule has 1 atom stereocenters. The summed E-state index contributed by atoms with van der Waals surface area (Å²) in [6.45, 7) is 0.204. The predicted molar refractivity (Wildman–Crippen MR) is 93.9 cm³/mol. The van der Waals surface area contributed by atoms with Gasteiger partial charge in [0.15, 0.2) is 9.84 Å². The number of carbonyl (C=O) groups excluding carboxylic acids is 1. The van der Waals surface area contributed by atoms with Gasteiger partial charge in [0.05, 0.1) is 22.3 Å². The van der Waals surface area contributed by atoms with Gasteiger partial charge in [-0.1, -0.05) is 36.4 Å². The van der Waals surface area contributed by atoms with E-state index >= 15 is 0 Å². The van der Waals surface area contributed by atoms with E-state index in [1.54, 1.807) is 24.3 Å². The summed E-state index contributed by atoms with van der Waals surface area (Å²) in [5, 5.41) is 2.96. The number of amides is 1. The third kappa shape index (κ3) is 2.93. The van der Waals surface area contributed by atoms with Crippen molar-refractivity contribution in [2.45, 2.75) is 17.4 Å². The number of ether oxygens (including phenoxy) is 1. The Hall–Kier alpha value is -2.60. The van der Waals surface area contributed by atoms with Crippen LogP contribution in [0.2, 0.25) is 0 Å². The molecule has 0 bridgehead atoms. The van der Waals surface area contributed by atoms with Crippen LogP contribution in [0, 0.1) is 0 Å². The third-order valence-electron chi connectivity index (χ3n) is 4.53. The maximum Gasteiger partial charge on any atom is 0.251 e. The summed E-state index contributed by atoms with van der Waals surface area (Å²) >= 11 is 0. The van der Waals surface area contributed by atoms with Gasteiger partial charge in [0, 0.05) is 5.56 Å². The van der Waals surface area contributed by atoms with E-state index < -0.39 is 9.84 Å². The van der Waals surface area contributed by atoms with E-state index in [0.717, 1.165) is 11.3 Å². The molecule has 1 amide bonds. The van der Waals surface area contributed by atoms with Crippen molar-refractivity contribution in [1.29, 1.82) is 0 Å². The third-order valence-corrected chi connectivity index (χ3v) is 6.35. The van der Waals surface area contributed by atoms with E-state index in [9.17, 15) is 13.2 Å². The van der Waals surface area contributed by atoms with Gasteiger partial charge in [-0.05, 0) is 30.2 Å². The second-order valence-electron chi connectivity index (χ2n) is 6.17. The Morgan fingerprint density at radius 2 is 1.84 bits per heavy atom. The highest BCUT2D eigenvalue weighted by molar-refractivity contribution is 7.91. The van der Waals surface area contributed by atoms with E-state index in [0.29, 0.717) is 22.5 Å². The smallest absolute Gasteiger partial charge is 0.251 e. The van der Waals surface area contributed by atoms with Crippen LogP contribution in [0.1, 0.15) is 23.6 Å². The first-order valence-corrected chi connectivity index (χ1v) is 9.75. The molecular formula is C19H17NO4S. The molecule has 6 heteroatoms. The van der Waals surface area contributed by atoms with E-state index in [1.807, 2.05) is 30.3 Å². The lowest BCUT2D eigenvalue weighted by Crippen LogP contribution is -2.36. The molecule has 0 unspecified atom stereocenters. The van der Waals surface area contributed by atoms with E-state index in [-0.39, 0.29) is 24.3 Å². The van der Waals surface area contributed by atoms with Gasteiger partial charge in [-0.2, -0.15) is 0 Å². The topological polar surface area (TPSA) is 72.5 Å². The van der Waals surface area contributed by atoms with Crippen LogP contribution in [0.15, 0.2) is 59.0 Å². The molecule has 0 saturated carbocycles. The van der Waals surface area contributed by atoms with Gasteiger partial charge in [0.1, 0.15) is 12.4 Å². The Labute approximate surface area is 146 Å². The largest absolute Gasteiger partial charge is 0.488 e. The molecule has 0 radical (unpaired) electrons. The van der Waals surface area contributed by atoms with Crippen LogP contribution >= 0.6 is 0 Å². The van der Waals surface area contributed by atoms with E-state index in [2.05, 4.69) is 5.32 Å². The predicted octanol–water partition coefficient (Wildman–Crippen LogP) is 2.50. The van der Waals surface area contributed by atoms with Crippen molar-refractivity contribution in [1.82, 2.24) is 5.32 Å². The molecule has 0 aromatic heterocycles. The van der Waals surface area contributed by atoms with Crippen molar-refractivity contribution in [3.8, 4) is 5.75 Å². The minimum absolute atomic E-state index is 0.0351. The molecule has 4 rings (SSSR count). The van der Waals surface area contributed by atoms with Crippen LogP contribution in [-0.4, -0.2) is 26.7 Å². The molecule has 0 saturated heterocycles. The lowest BCUT2D eigenvalue weighted by atomic mass is 10.0. The SMILES string of the molecule is O=C(N[C@@H]1CCS(=O)(=O)c2ccccc21)C1=Cc2ccccc2OC1. The summed E-state index contributed by atoms with van der Waals surface area (Å²) in [6.07, 6.45) is 2.19. The fourth-order valence-electron chi connectivity index (χ4n) is 3.24. The normalized spacial score (nSPS) is 20.5. The molecule has 5 nitrogen and oxygen atoms in total. The quantitative estimate of drug-likeness (QED) is 0.898. The molecule has 0 spiro atoms. The second kappa shape index (κ2) is 6.04. The van der Waals surface area contributed by atoms with Gasteiger partial charge in [-0.3, -0.25) is 4.79 Å². The van der Waals surface area contributed by atoms with Gasteiger partial charge in [0.2, 0.25) is 0 Å². The lowest BCUT2D eigenvalue weighted by Gasteiger charge is -2.27. The first-order chi connectivity index (χ1) is 12.0. The van der Waals surface area contributed by atoms with Gasteiger partial charge in [-0.25, -0.2) is 8.42 Å². The van der Waals surface area contributed by atoms with Crippen molar-refractivity contribution >= 4 is 21.8 Å². The maximum atomic E-state index is 12.6. The number of rotatable bonds is 2. The molecular weight excluding hydrogens is 338 g/mol. The zero-order valence-electron chi connectivity index (χ0n) is 13.4. The average Bonchev–Trinajstić information content (AvgIpc) is 2.64. The summed E-state index contributed by atoms with van der Waals surface area (Å²) in [6, 6.07) is 14.1. The lowest BCUT2D eigenvalue weighted by molar-refractivity contribution is -0.118. The first-order valence-electron chi connectivity index (χ1n) is 8.09. The van der Waals surface area contributed by atoms with Crippen LogP contribution in [-0.2, 0) is 14.6 Å². The fraction of sp³-hybridized carbons (Fsp3) is 0.211. The van der Waals surface area contributed by atoms with Crippen LogP contribution in [0.5, 0.6) is 5.75 Å². The van der Waals surface area contributed by atoms with Gasteiger partial charge >= 0.3 is 0 Å². The summed E-state index contributed by atoms with van der Waals surface area (Å²) < 4.78 is 30.0. The Kier molecular flexibility index (Phi) is 3.84. The highest BCUT2D eigenvalue weighted by Crippen LogP contribution is 2.32. The van der Waals surface area contributed by atoms with Crippen molar-refractivity contribution in [2.24, 2.45) is 0 Å². The van der Waals surface area contributed by atoms with E-state index in [4.69, 9.17) is 4.74 Å². The fourth-order valence-corrected chi connectivity index (χ4v) is 4.86. The van der Waals surface area contributed by atoms with Crippen LogP contribution in [0.4, 0.5) is 0 Å². The average molecular weight is 355 g/mol. The number of para-hydroxylation sites is 1. The molecule has 0 fully saturated rings. The number of fused-ring (bicyclic) bond motifs is 2.